The van der Waals surface area contributed by atoms with Gasteiger partial charge in [0.05, 0.1) is 5.69 Å². The number of nitrogen functional groups attached to an aromatic ring is 1. The lowest BCUT2D eigenvalue weighted by atomic mass is 10.2. The van der Waals surface area contributed by atoms with Crippen molar-refractivity contribution in [1.29, 1.82) is 0 Å². The highest BCUT2D eigenvalue weighted by molar-refractivity contribution is 5.94. The lowest BCUT2D eigenvalue weighted by molar-refractivity contribution is 0.0717. The monoisotopic (exact) mass is 247 g/mol. The van der Waals surface area contributed by atoms with Crippen molar-refractivity contribution in [3.8, 4) is 0 Å². The van der Waals surface area contributed by atoms with Crippen molar-refractivity contribution in [2.45, 2.75) is 38.8 Å². The van der Waals surface area contributed by atoms with Crippen LogP contribution < -0.4 is 5.73 Å². The average molecular weight is 247 g/mol. The van der Waals surface area contributed by atoms with Crippen molar-refractivity contribution < 1.29 is 4.79 Å². The zero-order chi connectivity index (χ0) is 13.3. The lowest BCUT2D eigenvalue weighted by Crippen LogP contribution is -2.38. The molecule has 0 unspecified atom stereocenters. The van der Waals surface area contributed by atoms with E-state index in [1.807, 2.05) is 24.6 Å². The second-order valence-electron chi connectivity index (χ2n) is 5.14. The van der Waals surface area contributed by atoms with E-state index in [0.29, 0.717) is 24.0 Å². The molecule has 0 radical (unpaired) electrons. The van der Waals surface area contributed by atoms with Crippen LogP contribution in [0, 0.1) is 0 Å². The predicted molar refractivity (Wildman–Crippen MR) is 73.5 cm³/mol. The zero-order valence-corrected chi connectivity index (χ0v) is 11.1. The van der Waals surface area contributed by atoms with E-state index in [2.05, 4.69) is 6.58 Å². The maximum atomic E-state index is 12.5. The number of hydrogen-bond donors (Lipinski definition) is 1. The normalized spacial score (nSPS) is 14.8. The summed E-state index contributed by atoms with van der Waals surface area (Å²) in [5.74, 6) is 0.0356. The van der Waals surface area contributed by atoms with Gasteiger partial charge >= 0.3 is 0 Å². The maximum Gasteiger partial charge on any atom is 0.271 e. The van der Waals surface area contributed by atoms with Crippen LogP contribution in [-0.2, 0) is 0 Å². The number of rotatable bonds is 5. The highest BCUT2D eigenvalue weighted by atomic mass is 16.2. The molecule has 0 atom stereocenters. The third kappa shape index (κ3) is 2.42. The number of carbonyl (C=O) groups is 1. The third-order valence-corrected chi connectivity index (χ3v) is 3.24. The molecule has 1 aromatic heterocycles. The van der Waals surface area contributed by atoms with Crippen molar-refractivity contribution in [1.82, 2.24) is 9.47 Å². The summed E-state index contributed by atoms with van der Waals surface area (Å²) < 4.78 is 2.02. The number of aromatic nitrogens is 1. The standard InChI is InChI=1S/C14H21N3O/c1-4-7-16(10(2)3)14(18)13-8-11(15)9-17(13)12-5-6-12/h4,8-10,12H,1,5-7,15H2,2-3H3. The first-order chi connectivity index (χ1) is 8.54. The molecule has 0 bridgehead atoms. The Morgan fingerprint density at radius 3 is 2.83 bits per heavy atom. The van der Waals surface area contributed by atoms with Crippen LogP contribution in [0.15, 0.2) is 24.9 Å². The van der Waals surface area contributed by atoms with Crippen LogP contribution in [-0.4, -0.2) is 28.0 Å². The molecule has 1 amide bonds. The first-order valence-corrected chi connectivity index (χ1v) is 6.43. The van der Waals surface area contributed by atoms with Crippen LogP contribution in [0.3, 0.4) is 0 Å². The molecule has 0 aliphatic heterocycles. The number of anilines is 1. The Balaban J connectivity index is 2.28. The molecule has 1 fully saturated rings. The Labute approximate surface area is 108 Å². The van der Waals surface area contributed by atoms with Crippen LogP contribution >= 0.6 is 0 Å². The molecule has 2 rings (SSSR count). The fraction of sp³-hybridized carbons (Fsp3) is 0.500. The molecule has 0 aromatic carbocycles. The smallest absolute Gasteiger partial charge is 0.271 e. The Hall–Kier alpha value is -1.71. The molecular formula is C14H21N3O. The minimum absolute atomic E-state index is 0.0356. The summed E-state index contributed by atoms with van der Waals surface area (Å²) in [5.41, 5.74) is 7.18. The largest absolute Gasteiger partial charge is 0.397 e. The molecule has 1 aliphatic carbocycles. The second-order valence-corrected chi connectivity index (χ2v) is 5.14. The molecule has 4 heteroatoms. The van der Waals surface area contributed by atoms with Gasteiger partial charge in [0.25, 0.3) is 5.91 Å². The van der Waals surface area contributed by atoms with E-state index >= 15 is 0 Å². The van der Waals surface area contributed by atoms with Gasteiger partial charge in [-0.1, -0.05) is 6.08 Å². The number of hydrogen-bond acceptors (Lipinski definition) is 2. The summed E-state index contributed by atoms with van der Waals surface area (Å²) in [4.78, 5) is 14.4. The highest BCUT2D eigenvalue weighted by Gasteiger charge is 2.29. The second kappa shape index (κ2) is 4.88. The lowest BCUT2D eigenvalue weighted by Gasteiger charge is -2.25. The molecule has 2 N–H and O–H groups in total. The van der Waals surface area contributed by atoms with Crippen LogP contribution in [0.4, 0.5) is 5.69 Å². The SMILES string of the molecule is C=CCN(C(=O)c1cc(N)cn1C1CC1)C(C)C. The van der Waals surface area contributed by atoms with Gasteiger partial charge < -0.3 is 15.2 Å². The van der Waals surface area contributed by atoms with Gasteiger partial charge in [-0.25, -0.2) is 0 Å². The topological polar surface area (TPSA) is 51.3 Å². The fourth-order valence-electron chi connectivity index (χ4n) is 2.14. The summed E-state index contributed by atoms with van der Waals surface area (Å²) in [7, 11) is 0. The van der Waals surface area contributed by atoms with E-state index in [0.717, 1.165) is 12.8 Å². The van der Waals surface area contributed by atoms with Gasteiger partial charge in [-0.2, -0.15) is 0 Å². The number of carbonyl (C=O) groups excluding carboxylic acids is 1. The number of amides is 1. The quantitative estimate of drug-likeness (QED) is 0.812. The molecule has 0 spiro atoms. The Morgan fingerprint density at radius 2 is 2.33 bits per heavy atom. The molecule has 1 heterocycles. The summed E-state index contributed by atoms with van der Waals surface area (Å²) in [6, 6.07) is 2.39. The highest BCUT2D eigenvalue weighted by Crippen LogP contribution is 2.37. The molecule has 1 aromatic rings. The van der Waals surface area contributed by atoms with E-state index < -0.39 is 0 Å². The first-order valence-electron chi connectivity index (χ1n) is 6.43. The van der Waals surface area contributed by atoms with Crippen molar-refractivity contribution in [3.05, 3.63) is 30.6 Å². The van der Waals surface area contributed by atoms with Crippen molar-refractivity contribution in [2.75, 3.05) is 12.3 Å². The minimum atomic E-state index is 0.0356. The molecule has 1 saturated carbocycles. The van der Waals surface area contributed by atoms with Gasteiger partial charge in [-0.3, -0.25) is 4.79 Å². The molecule has 4 nitrogen and oxygen atoms in total. The third-order valence-electron chi connectivity index (χ3n) is 3.24. The summed E-state index contributed by atoms with van der Waals surface area (Å²) in [6.45, 7) is 8.29. The van der Waals surface area contributed by atoms with Gasteiger partial charge in [0, 0.05) is 24.8 Å². The van der Waals surface area contributed by atoms with Crippen LogP contribution in [0.2, 0.25) is 0 Å². The first kappa shape index (κ1) is 12.7. The van der Waals surface area contributed by atoms with Crippen molar-refractivity contribution in [3.63, 3.8) is 0 Å². The summed E-state index contributed by atoms with van der Waals surface area (Å²) in [6.07, 6.45) is 5.90. The molecule has 18 heavy (non-hydrogen) atoms. The van der Waals surface area contributed by atoms with E-state index in [9.17, 15) is 4.79 Å². The predicted octanol–water partition coefficient (Wildman–Crippen LogP) is 2.44. The van der Waals surface area contributed by atoms with Crippen LogP contribution in [0.25, 0.3) is 0 Å². The summed E-state index contributed by atoms with van der Waals surface area (Å²) >= 11 is 0. The maximum absolute atomic E-state index is 12.5. The van der Waals surface area contributed by atoms with Gasteiger partial charge in [0.15, 0.2) is 0 Å². The fourth-order valence-corrected chi connectivity index (χ4v) is 2.14. The Bertz CT molecular complexity index is 458. The van der Waals surface area contributed by atoms with Crippen molar-refractivity contribution in [2.24, 2.45) is 0 Å². The Morgan fingerprint density at radius 1 is 1.67 bits per heavy atom. The van der Waals surface area contributed by atoms with E-state index in [1.165, 1.54) is 0 Å². The van der Waals surface area contributed by atoms with Gasteiger partial charge in [-0.15, -0.1) is 6.58 Å². The number of nitrogens with zero attached hydrogens (tertiary/aromatic N) is 2. The van der Waals surface area contributed by atoms with E-state index in [4.69, 9.17) is 5.73 Å². The van der Waals surface area contributed by atoms with Crippen molar-refractivity contribution >= 4 is 11.6 Å². The Kier molecular flexibility index (Phi) is 3.45. The molecular weight excluding hydrogens is 226 g/mol. The average Bonchev–Trinajstić information content (AvgIpc) is 3.08. The zero-order valence-electron chi connectivity index (χ0n) is 11.1. The molecule has 0 saturated heterocycles. The van der Waals surface area contributed by atoms with E-state index in [1.54, 1.807) is 17.0 Å². The van der Waals surface area contributed by atoms with Crippen LogP contribution in [0.1, 0.15) is 43.2 Å². The molecule has 1 aliphatic rings. The van der Waals surface area contributed by atoms with Crippen LogP contribution in [0.5, 0.6) is 0 Å². The minimum Gasteiger partial charge on any atom is -0.397 e. The number of nitrogens with two attached hydrogens (primary N) is 1. The van der Waals surface area contributed by atoms with Gasteiger partial charge in [0.1, 0.15) is 5.69 Å². The van der Waals surface area contributed by atoms with Gasteiger partial charge in [0.2, 0.25) is 0 Å². The molecule has 98 valence electrons. The van der Waals surface area contributed by atoms with E-state index in [-0.39, 0.29) is 11.9 Å². The van der Waals surface area contributed by atoms with Gasteiger partial charge in [-0.05, 0) is 32.8 Å². The summed E-state index contributed by atoms with van der Waals surface area (Å²) in [5, 5.41) is 0.